The van der Waals surface area contributed by atoms with Gasteiger partial charge in [0, 0.05) is 42.0 Å². The standard InChI is InChI=1S/C59H84F2N8O17/c1-8-10-47-85-45-26-35-36-25-38(60)37-24-34(71)18-20-56(37,6)58(36,61)43(72)27-57(35,7)59(45,86-47)44(73)29-83-53(80)42(23-30(2)3)67-51(78)41(19-22-70)68-55(82)84-28-32-12-14-33(15-13-32)65-50(77)40(11-9-21-64-54(63)81)66-52(79)48(31(4)5)69-49(76)39(62)16-17-46(74)75/h12-15,18,20,24,30-31,35-36,38-43,45,47-48,70,72H,8-11,16-17,19,21-23,25-29,62H2,1-7H3,(H,65,77)(H,66,79)(H,67,78)(H,68,82)(H,69,76)(H,74,75)(H3,63,64,81)/t35-,36-,38-,39+,40-,41-,42-,43-,45+,47?,48-,56-,57-,58-,59+/m0/s1. The van der Waals surface area contributed by atoms with Gasteiger partial charge in [-0.15, -0.1) is 0 Å². The van der Waals surface area contributed by atoms with Gasteiger partial charge in [-0.25, -0.2) is 23.2 Å². The summed E-state index contributed by atoms with van der Waals surface area (Å²) in [4.78, 5) is 130. The highest BCUT2D eigenvalue weighted by molar-refractivity contribution is 6.02. The molecule has 1 aliphatic heterocycles. The number of hydrogen-bond donors (Lipinski definition) is 11. The van der Waals surface area contributed by atoms with Crippen LogP contribution in [-0.2, 0) is 63.9 Å². The van der Waals surface area contributed by atoms with Crippen molar-refractivity contribution in [3.63, 3.8) is 0 Å². The number of aliphatic hydroxyl groups is 2. The molecule has 25 nitrogen and oxygen atoms in total. The number of aliphatic carboxylic acids is 1. The summed E-state index contributed by atoms with van der Waals surface area (Å²) in [5.74, 6) is -9.15. The third kappa shape index (κ3) is 14.9. The van der Waals surface area contributed by atoms with Crippen LogP contribution in [0.2, 0.25) is 0 Å². The number of halogens is 2. The van der Waals surface area contributed by atoms with Crippen LogP contribution in [0, 0.1) is 34.5 Å². The predicted octanol–water partition coefficient (Wildman–Crippen LogP) is 2.72. The molecule has 3 saturated carbocycles. The van der Waals surface area contributed by atoms with Crippen molar-refractivity contribution in [1.29, 1.82) is 0 Å². The molecular weight excluding hydrogens is 1130 g/mol. The van der Waals surface area contributed by atoms with Crippen LogP contribution in [0.25, 0.3) is 0 Å². The number of ether oxygens (including phenoxy) is 4. The topological polar surface area (TPSA) is 393 Å². The first kappa shape index (κ1) is 68.2. The van der Waals surface area contributed by atoms with Gasteiger partial charge in [0.25, 0.3) is 0 Å². The van der Waals surface area contributed by atoms with E-state index in [0.29, 0.717) is 18.4 Å². The number of nitrogens with one attached hydrogen (secondary N) is 6. The van der Waals surface area contributed by atoms with E-state index >= 15 is 8.78 Å². The lowest BCUT2D eigenvalue weighted by molar-refractivity contribution is -0.235. The second kappa shape index (κ2) is 28.7. The average Bonchev–Trinajstić information content (AvgIpc) is 1.38. The Balaban J connectivity index is 1.07. The maximum Gasteiger partial charge on any atom is 0.408 e. The number of fused-ring (bicyclic) bond motifs is 7. The molecule has 13 N–H and O–H groups in total. The maximum absolute atomic E-state index is 18.0. The van der Waals surface area contributed by atoms with E-state index in [2.05, 4.69) is 31.9 Å². The van der Waals surface area contributed by atoms with Gasteiger partial charge in [0.2, 0.25) is 29.4 Å². The number of rotatable bonds is 29. The van der Waals surface area contributed by atoms with Crippen LogP contribution in [0.1, 0.15) is 125 Å². The lowest BCUT2D eigenvalue weighted by atomic mass is 9.44. The minimum absolute atomic E-state index is 0.000275. The Kier molecular flexibility index (Phi) is 22.8. The van der Waals surface area contributed by atoms with Crippen LogP contribution in [0.5, 0.6) is 0 Å². The Labute approximate surface area is 497 Å². The number of primary amides is 1. The van der Waals surface area contributed by atoms with E-state index < -0.39 is 167 Å². The van der Waals surface area contributed by atoms with E-state index in [4.69, 9.17) is 35.5 Å². The summed E-state index contributed by atoms with van der Waals surface area (Å²) in [6, 6.07) is -1.26. The molecule has 4 fully saturated rings. The molecular formula is C59H84F2N8O17. The van der Waals surface area contributed by atoms with Crippen molar-refractivity contribution < 1.29 is 91.0 Å². The molecule has 6 rings (SSSR count). The highest BCUT2D eigenvalue weighted by Gasteiger charge is 2.80. The summed E-state index contributed by atoms with van der Waals surface area (Å²) in [5, 5.41) is 46.1. The van der Waals surface area contributed by atoms with E-state index in [9.17, 15) is 58.2 Å². The molecule has 1 aromatic carbocycles. The predicted molar refractivity (Wildman–Crippen MR) is 303 cm³/mol. The second-order valence-corrected chi connectivity index (χ2v) is 24.2. The zero-order chi connectivity index (χ0) is 63.6. The van der Waals surface area contributed by atoms with Crippen molar-refractivity contribution in [2.75, 3.05) is 25.1 Å². The number of nitrogens with two attached hydrogens (primary N) is 2. The highest BCUT2D eigenvalue weighted by atomic mass is 19.1. The van der Waals surface area contributed by atoms with Gasteiger partial charge in [-0.2, -0.15) is 0 Å². The van der Waals surface area contributed by atoms with Crippen molar-refractivity contribution in [3.05, 3.63) is 53.6 Å². The zero-order valence-electron chi connectivity index (χ0n) is 49.6. The summed E-state index contributed by atoms with van der Waals surface area (Å²) >= 11 is 0. The Bertz CT molecular complexity index is 2770. The molecule has 15 atom stereocenters. The Morgan fingerprint density at radius 3 is 2.16 bits per heavy atom. The maximum atomic E-state index is 18.0. The number of carboxylic acids is 1. The van der Waals surface area contributed by atoms with Crippen LogP contribution in [0.3, 0.4) is 0 Å². The molecule has 27 heteroatoms. The minimum atomic E-state index is -2.44. The van der Waals surface area contributed by atoms with Gasteiger partial charge in [-0.05, 0) is 118 Å². The highest BCUT2D eigenvalue weighted by Crippen LogP contribution is 2.72. The Morgan fingerprint density at radius 2 is 1.53 bits per heavy atom. The third-order valence-corrected chi connectivity index (χ3v) is 17.5. The number of carbonyl (C=O) groups is 10. The first-order chi connectivity index (χ1) is 40.4. The Hall–Kier alpha value is -6.94. The van der Waals surface area contributed by atoms with Crippen molar-refractivity contribution >= 4 is 64.9 Å². The molecule has 0 bridgehead atoms. The van der Waals surface area contributed by atoms with Gasteiger partial charge in [-0.3, -0.25) is 33.6 Å². The summed E-state index contributed by atoms with van der Waals surface area (Å²) in [6.45, 7) is 10.1. The van der Waals surface area contributed by atoms with Gasteiger partial charge in [0.1, 0.15) is 36.9 Å². The number of hydrogen-bond acceptors (Lipinski definition) is 17. The van der Waals surface area contributed by atoms with Crippen LogP contribution >= 0.6 is 0 Å². The van der Waals surface area contributed by atoms with Crippen molar-refractivity contribution in [1.82, 2.24) is 26.6 Å². The number of urea groups is 1. The first-order valence-corrected chi connectivity index (χ1v) is 29.3. The number of benzene rings is 1. The van der Waals surface area contributed by atoms with E-state index in [0.717, 1.165) is 6.08 Å². The molecule has 4 aliphatic carbocycles. The SMILES string of the molecule is CCCC1O[C@@H]2C[C@H]3[C@@H]4C[C@H](F)C5=CC(=O)C=C[C@]5(C)[C@@]4(F)[C@@H](O)C[C@]3(C)[C@]2(C(=O)COC(=O)[C@H](CC(C)C)NC(=O)[C@H](CCO)NC(=O)OCc2ccc(NC(=O)[C@H](CCCNC(N)=O)NC(=O)[C@@H](NC(=O)[C@H](N)CCC(=O)O)C(C)C)cc2)O1. The monoisotopic (exact) mass is 1210 g/mol. The summed E-state index contributed by atoms with van der Waals surface area (Å²) in [5.41, 5.74) is 4.27. The quantitative estimate of drug-likeness (QED) is 0.0406. The largest absolute Gasteiger partial charge is 0.481 e. The molecule has 0 radical (unpaired) electrons. The minimum Gasteiger partial charge on any atom is -0.481 e. The van der Waals surface area contributed by atoms with Crippen LogP contribution in [-0.4, -0.2) is 160 Å². The normalized spacial score (nSPS) is 28.8. The summed E-state index contributed by atoms with van der Waals surface area (Å²) < 4.78 is 58.2. The number of amides is 7. The molecule has 7 amide bonds. The average molecular weight is 1220 g/mol. The lowest BCUT2D eigenvalue weighted by Gasteiger charge is -2.63. The second-order valence-electron chi connectivity index (χ2n) is 24.2. The Morgan fingerprint density at radius 1 is 0.860 bits per heavy atom. The van der Waals surface area contributed by atoms with Gasteiger partial charge in [-0.1, -0.05) is 66.2 Å². The molecule has 86 heavy (non-hydrogen) atoms. The fourth-order valence-corrected chi connectivity index (χ4v) is 13.1. The van der Waals surface area contributed by atoms with Crippen LogP contribution in [0.4, 0.5) is 24.1 Å². The molecule has 476 valence electrons. The van der Waals surface area contributed by atoms with E-state index in [1.807, 2.05) is 6.92 Å². The van der Waals surface area contributed by atoms with Crippen LogP contribution < -0.4 is 43.4 Å². The summed E-state index contributed by atoms with van der Waals surface area (Å²) in [7, 11) is 0. The fourth-order valence-electron chi connectivity index (χ4n) is 13.1. The number of carboxylic acid groups (broad SMARTS) is 1. The molecule has 1 aromatic rings. The van der Waals surface area contributed by atoms with E-state index in [-0.39, 0.29) is 88.1 Å². The van der Waals surface area contributed by atoms with Crippen molar-refractivity contribution in [2.24, 2.45) is 46.0 Å². The molecule has 1 saturated heterocycles. The van der Waals surface area contributed by atoms with Gasteiger partial charge >= 0.3 is 24.1 Å². The summed E-state index contributed by atoms with van der Waals surface area (Å²) in [6.07, 6.45) is -3.22. The third-order valence-electron chi connectivity index (χ3n) is 17.5. The van der Waals surface area contributed by atoms with Crippen LogP contribution in [0.15, 0.2) is 48.1 Å². The smallest absolute Gasteiger partial charge is 0.408 e. The zero-order valence-corrected chi connectivity index (χ0v) is 49.6. The van der Waals surface area contributed by atoms with Crippen molar-refractivity contribution in [3.8, 4) is 0 Å². The number of Topliss-reactive ketones (excluding diaryl/α,β-unsaturated/α-hetero) is 1. The fraction of sp³-hybridized carbons (Fsp3) is 0.661. The molecule has 5 aliphatic rings. The molecule has 1 heterocycles. The van der Waals surface area contributed by atoms with Gasteiger partial charge in [0.05, 0.1) is 18.2 Å². The number of aliphatic hydroxyl groups excluding tert-OH is 2. The van der Waals surface area contributed by atoms with Gasteiger partial charge in [0.15, 0.2) is 29.9 Å². The van der Waals surface area contributed by atoms with Gasteiger partial charge < -0.3 is 77.6 Å². The van der Waals surface area contributed by atoms with E-state index in [1.54, 1.807) is 34.6 Å². The number of alkyl carbamates (subject to hydrolysis) is 1. The molecule has 1 unspecified atom stereocenters. The first-order valence-electron chi connectivity index (χ1n) is 29.3. The number of allylic oxidation sites excluding steroid dienone is 4. The van der Waals surface area contributed by atoms with Crippen molar-refractivity contribution in [2.45, 2.75) is 192 Å². The molecule has 0 aromatic heterocycles. The number of carbonyl (C=O) groups excluding carboxylic acids is 9. The number of alkyl halides is 2. The lowest BCUT2D eigenvalue weighted by Crippen LogP contribution is -2.71. The number of anilines is 1. The number of esters is 1. The van der Waals surface area contributed by atoms with E-state index in [1.165, 1.54) is 43.3 Å². The number of ketones is 2. The molecule has 0 spiro atoms.